The number of hydrogen-bond acceptors (Lipinski definition) is 4. The van der Waals surface area contributed by atoms with E-state index in [1.165, 1.54) is 11.3 Å². The molecule has 2 aromatic rings. The lowest BCUT2D eigenvalue weighted by atomic mass is 9.71. The highest BCUT2D eigenvalue weighted by atomic mass is 32.1. The van der Waals surface area contributed by atoms with E-state index in [1.54, 1.807) is 6.20 Å². The third-order valence-corrected chi connectivity index (χ3v) is 6.67. The van der Waals surface area contributed by atoms with E-state index < -0.39 is 5.41 Å². The number of rotatable bonds is 5. The topological polar surface area (TPSA) is 62.3 Å². The Bertz CT molecular complexity index is 793. The van der Waals surface area contributed by atoms with Gasteiger partial charge >= 0.3 is 0 Å². The largest absolute Gasteiger partial charge is 0.350 e. The van der Waals surface area contributed by atoms with Crippen LogP contribution in [0.2, 0.25) is 0 Å². The number of pyridine rings is 1. The van der Waals surface area contributed by atoms with Gasteiger partial charge in [-0.25, -0.2) is 0 Å². The molecule has 0 aliphatic carbocycles. The monoisotopic (exact) mass is 369 g/mol. The summed E-state index contributed by atoms with van der Waals surface area (Å²) < 4.78 is 0. The molecule has 2 amide bonds. The molecule has 26 heavy (non-hydrogen) atoms. The van der Waals surface area contributed by atoms with E-state index in [1.807, 2.05) is 39.9 Å². The number of hydrogen-bond donors (Lipinski definition) is 1. The molecule has 3 atom stereocenters. The minimum Gasteiger partial charge on any atom is -0.350 e. The smallest absolute Gasteiger partial charge is 0.255 e. The van der Waals surface area contributed by atoms with E-state index >= 15 is 0 Å². The summed E-state index contributed by atoms with van der Waals surface area (Å²) in [5, 5.41) is 6.90. The van der Waals surface area contributed by atoms with Gasteiger partial charge in [-0.05, 0) is 49.3 Å². The number of nitrogens with one attached hydrogen (secondary N) is 1. The van der Waals surface area contributed by atoms with Crippen LogP contribution in [0, 0.1) is 5.41 Å². The van der Waals surface area contributed by atoms with Crippen LogP contribution in [0.5, 0.6) is 0 Å². The molecule has 2 bridgehead atoms. The van der Waals surface area contributed by atoms with E-state index in [2.05, 4.69) is 17.2 Å². The van der Waals surface area contributed by atoms with E-state index in [-0.39, 0.29) is 23.9 Å². The van der Waals surface area contributed by atoms with E-state index in [0.717, 1.165) is 36.9 Å². The number of fused-ring (bicyclic) bond motifs is 2. The van der Waals surface area contributed by atoms with Crippen LogP contribution in [0.15, 0.2) is 41.2 Å². The highest BCUT2D eigenvalue weighted by Gasteiger charge is 2.60. The molecule has 2 fully saturated rings. The van der Waals surface area contributed by atoms with Gasteiger partial charge in [0.1, 0.15) is 0 Å². The summed E-state index contributed by atoms with van der Waals surface area (Å²) in [6.45, 7) is 2.49. The first-order valence-electron chi connectivity index (χ1n) is 9.19. The van der Waals surface area contributed by atoms with Crippen LogP contribution in [0.25, 0.3) is 0 Å². The Morgan fingerprint density at radius 3 is 2.92 bits per heavy atom. The second-order valence-corrected chi connectivity index (χ2v) is 7.97. The molecular formula is C20H23N3O2S. The number of nitrogens with zero attached hydrogens (tertiary/aromatic N) is 2. The number of aromatic nitrogens is 1. The van der Waals surface area contributed by atoms with Crippen LogP contribution >= 0.6 is 11.3 Å². The lowest BCUT2D eigenvalue weighted by molar-refractivity contribution is -0.133. The minimum absolute atomic E-state index is 0.00590. The van der Waals surface area contributed by atoms with Crippen LogP contribution in [-0.2, 0) is 11.3 Å². The molecule has 2 saturated heterocycles. The van der Waals surface area contributed by atoms with Gasteiger partial charge in [-0.2, -0.15) is 11.3 Å². The molecule has 4 rings (SSSR count). The second kappa shape index (κ2) is 6.83. The van der Waals surface area contributed by atoms with Crippen molar-refractivity contribution in [2.45, 2.75) is 51.2 Å². The third-order valence-electron chi connectivity index (χ3n) is 5.98. The highest BCUT2D eigenvalue weighted by Crippen LogP contribution is 2.52. The summed E-state index contributed by atoms with van der Waals surface area (Å²) in [6.07, 6.45) is 5.14. The van der Waals surface area contributed by atoms with Gasteiger partial charge in [0.15, 0.2) is 0 Å². The normalized spacial score (nSPS) is 26.9. The van der Waals surface area contributed by atoms with Crippen molar-refractivity contribution in [3.05, 3.63) is 52.5 Å². The maximum Gasteiger partial charge on any atom is 0.255 e. The molecule has 2 aromatic heterocycles. The van der Waals surface area contributed by atoms with Crippen molar-refractivity contribution in [2.24, 2.45) is 5.41 Å². The molecule has 2 aliphatic rings. The first kappa shape index (κ1) is 17.2. The van der Waals surface area contributed by atoms with Crippen LogP contribution in [-0.4, -0.2) is 33.8 Å². The van der Waals surface area contributed by atoms with E-state index in [9.17, 15) is 9.59 Å². The Hall–Kier alpha value is -2.21. The van der Waals surface area contributed by atoms with Crippen LogP contribution in [0.1, 0.15) is 48.7 Å². The first-order chi connectivity index (χ1) is 12.7. The molecule has 0 spiro atoms. The van der Waals surface area contributed by atoms with Crippen molar-refractivity contribution in [2.75, 3.05) is 0 Å². The zero-order valence-corrected chi connectivity index (χ0v) is 15.7. The number of amides is 2. The van der Waals surface area contributed by atoms with Crippen molar-refractivity contribution in [3.8, 4) is 0 Å². The zero-order valence-electron chi connectivity index (χ0n) is 14.9. The minimum atomic E-state index is -0.483. The predicted molar refractivity (Wildman–Crippen MR) is 101 cm³/mol. The van der Waals surface area contributed by atoms with Gasteiger partial charge in [-0.15, -0.1) is 0 Å². The van der Waals surface area contributed by atoms with Crippen LogP contribution in [0.4, 0.5) is 0 Å². The summed E-state index contributed by atoms with van der Waals surface area (Å²) in [5.41, 5.74) is 1.11. The Morgan fingerprint density at radius 1 is 1.35 bits per heavy atom. The third kappa shape index (κ3) is 2.72. The van der Waals surface area contributed by atoms with Crippen molar-refractivity contribution in [1.82, 2.24) is 15.2 Å². The summed E-state index contributed by atoms with van der Waals surface area (Å²) in [4.78, 5) is 32.4. The highest BCUT2D eigenvalue weighted by molar-refractivity contribution is 7.08. The lowest BCUT2D eigenvalue weighted by Crippen LogP contribution is -2.49. The predicted octanol–water partition coefficient (Wildman–Crippen LogP) is 3.23. The van der Waals surface area contributed by atoms with Gasteiger partial charge in [-0.3, -0.25) is 14.6 Å². The Morgan fingerprint density at radius 2 is 2.23 bits per heavy atom. The average molecular weight is 369 g/mol. The van der Waals surface area contributed by atoms with Gasteiger partial charge in [0.25, 0.3) is 5.91 Å². The average Bonchev–Trinajstić information content (AvgIpc) is 3.41. The molecule has 1 N–H and O–H groups in total. The first-order valence-corrected chi connectivity index (χ1v) is 10.1. The molecule has 0 aromatic carbocycles. The molecule has 0 saturated carbocycles. The van der Waals surface area contributed by atoms with Gasteiger partial charge in [0.05, 0.1) is 23.2 Å². The van der Waals surface area contributed by atoms with Crippen LogP contribution < -0.4 is 5.32 Å². The maximum absolute atomic E-state index is 13.1. The summed E-state index contributed by atoms with van der Waals surface area (Å²) in [5.74, 6) is 0.132. The SMILES string of the molecule is CC[C@@]1(C(=O)NCc2ccccn2)C[C@@H]2CC[C@H]1N2C(=O)c1ccsc1. The fourth-order valence-electron chi connectivity index (χ4n) is 4.66. The summed E-state index contributed by atoms with van der Waals surface area (Å²) in [7, 11) is 0. The van der Waals surface area contributed by atoms with Crippen molar-refractivity contribution in [3.63, 3.8) is 0 Å². The molecule has 136 valence electrons. The maximum atomic E-state index is 13.1. The molecule has 5 nitrogen and oxygen atoms in total. The van der Waals surface area contributed by atoms with Gasteiger partial charge in [0.2, 0.25) is 5.91 Å². The van der Waals surface area contributed by atoms with Crippen molar-refractivity contribution < 1.29 is 9.59 Å². The van der Waals surface area contributed by atoms with Crippen molar-refractivity contribution >= 4 is 23.2 Å². The van der Waals surface area contributed by atoms with Crippen LogP contribution in [0.3, 0.4) is 0 Å². The quantitative estimate of drug-likeness (QED) is 0.880. The van der Waals surface area contributed by atoms with E-state index in [4.69, 9.17) is 0 Å². The number of thiophene rings is 1. The standard InChI is InChI=1S/C20H23N3O2S/c1-2-20(19(25)22-12-15-5-3-4-9-21-15)11-16-6-7-17(20)23(16)18(24)14-8-10-26-13-14/h3-5,8-10,13,16-17H,2,6-7,11-12H2,1H3,(H,22,25)/t16-,17+,20+/m0/s1. The molecule has 6 heteroatoms. The Kier molecular flexibility index (Phi) is 4.53. The van der Waals surface area contributed by atoms with Gasteiger partial charge in [0, 0.05) is 23.7 Å². The molecular weight excluding hydrogens is 346 g/mol. The number of carbonyl (C=O) groups is 2. The lowest BCUT2D eigenvalue weighted by Gasteiger charge is -2.35. The van der Waals surface area contributed by atoms with Gasteiger partial charge in [-0.1, -0.05) is 13.0 Å². The molecule has 0 unspecified atom stereocenters. The summed E-state index contributed by atoms with van der Waals surface area (Å²) in [6, 6.07) is 7.73. The molecule has 2 aliphatic heterocycles. The zero-order chi connectivity index (χ0) is 18.1. The number of carbonyl (C=O) groups excluding carboxylic acids is 2. The summed E-state index contributed by atoms with van der Waals surface area (Å²) >= 11 is 1.53. The van der Waals surface area contributed by atoms with Gasteiger partial charge < -0.3 is 10.2 Å². The molecule has 4 heterocycles. The fourth-order valence-corrected chi connectivity index (χ4v) is 5.29. The second-order valence-electron chi connectivity index (χ2n) is 7.19. The van der Waals surface area contributed by atoms with Crippen molar-refractivity contribution in [1.29, 1.82) is 0 Å². The molecule has 0 radical (unpaired) electrons. The fraction of sp³-hybridized carbons (Fsp3) is 0.450. The van der Waals surface area contributed by atoms with E-state index in [0.29, 0.717) is 6.54 Å². The Labute approximate surface area is 157 Å². The Balaban J connectivity index is 1.53.